The summed E-state index contributed by atoms with van der Waals surface area (Å²) in [5, 5.41) is 13.7. The van der Waals surface area contributed by atoms with Gasteiger partial charge in [-0.3, -0.25) is 14.9 Å². The van der Waals surface area contributed by atoms with Crippen LogP contribution in [0.1, 0.15) is 50.6 Å². The van der Waals surface area contributed by atoms with E-state index in [-0.39, 0.29) is 23.4 Å². The molecule has 0 unspecified atom stereocenters. The Labute approximate surface area is 174 Å². The molecule has 1 heterocycles. The maximum Gasteiger partial charge on any atom is 0.375 e. The molecule has 0 bridgehead atoms. The number of nitro groups is 1. The molecule has 1 N–H and O–H groups in total. The van der Waals surface area contributed by atoms with Crippen LogP contribution in [0.2, 0.25) is 0 Å². The quantitative estimate of drug-likeness (QED) is 0.427. The summed E-state index contributed by atoms with van der Waals surface area (Å²) in [4.78, 5) is 35.1. The molecule has 0 radical (unpaired) electrons. The third-order valence-electron chi connectivity index (χ3n) is 5.86. The average molecular weight is 414 g/mol. The first-order valence-electron chi connectivity index (χ1n) is 10.1. The van der Waals surface area contributed by atoms with E-state index in [1.165, 1.54) is 37.3 Å². The number of carbonyl (C=O) groups excluding carboxylic acids is 2. The molecule has 1 saturated carbocycles. The van der Waals surface area contributed by atoms with E-state index in [9.17, 15) is 19.7 Å². The van der Waals surface area contributed by atoms with Crippen molar-refractivity contribution < 1.29 is 23.7 Å². The van der Waals surface area contributed by atoms with Crippen LogP contribution in [0.5, 0.6) is 0 Å². The Morgan fingerprint density at radius 3 is 2.53 bits per heavy atom. The molecular formula is C22H26N2O6. The maximum absolute atomic E-state index is 12.5. The number of ether oxygens (including phenoxy) is 1. The number of nitrogens with one attached hydrogen (secondary N) is 1. The number of rotatable bonds is 6. The van der Waals surface area contributed by atoms with Gasteiger partial charge in [0.1, 0.15) is 5.76 Å². The molecule has 30 heavy (non-hydrogen) atoms. The summed E-state index contributed by atoms with van der Waals surface area (Å²) in [7, 11) is 0. The van der Waals surface area contributed by atoms with E-state index < -0.39 is 17.0 Å². The number of hydrogen-bond acceptors (Lipinski definition) is 6. The summed E-state index contributed by atoms with van der Waals surface area (Å²) < 4.78 is 10.8. The Hall–Kier alpha value is -3.16. The number of hydrogen-bond donors (Lipinski definition) is 1. The summed E-state index contributed by atoms with van der Waals surface area (Å²) in [6.07, 6.45) is 2.21. The summed E-state index contributed by atoms with van der Waals surface area (Å²) in [5.41, 5.74) is 0.553. The fourth-order valence-electron chi connectivity index (χ4n) is 3.71. The third-order valence-corrected chi connectivity index (χ3v) is 5.86. The number of benzene rings is 1. The number of nitro benzene ring substituents is 1. The van der Waals surface area contributed by atoms with Crippen LogP contribution in [-0.4, -0.2) is 28.9 Å². The Balaban J connectivity index is 1.59. The summed E-state index contributed by atoms with van der Waals surface area (Å²) in [6.45, 7) is 5.85. The van der Waals surface area contributed by atoms with Crippen LogP contribution in [0.15, 0.2) is 40.8 Å². The molecule has 4 atom stereocenters. The Bertz CT molecular complexity index is 920. The molecule has 1 aromatic heterocycles. The van der Waals surface area contributed by atoms with Crippen LogP contribution in [0, 0.1) is 22.0 Å². The number of esters is 1. The highest BCUT2D eigenvalue weighted by Gasteiger charge is 2.30. The van der Waals surface area contributed by atoms with E-state index in [0.717, 1.165) is 19.3 Å². The predicted molar refractivity (Wildman–Crippen MR) is 110 cm³/mol. The minimum absolute atomic E-state index is 0.0357. The van der Waals surface area contributed by atoms with Gasteiger partial charge < -0.3 is 14.5 Å². The molecule has 0 saturated heterocycles. The zero-order valence-electron chi connectivity index (χ0n) is 17.3. The lowest BCUT2D eigenvalue weighted by atomic mass is 9.78. The molecule has 8 heteroatoms. The maximum atomic E-state index is 12.5. The van der Waals surface area contributed by atoms with Crippen molar-refractivity contribution in [2.45, 2.75) is 52.2 Å². The van der Waals surface area contributed by atoms with Gasteiger partial charge in [-0.15, -0.1) is 0 Å². The largest absolute Gasteiger partial charge is 0.449 e. The normalized spacial score (nSPS) is 22.2. The molecule has 3 rings (SSSR count). The van der Waals surface area contributed by atoms with Crippen LogP contribution in [0.4, 0.5) is 5.69 Å². The molecule has 160 valence electrons. The van der Waals surface area contributed by atoms with Gasteiger partial charge in [-0.1, -0.05) is 26.7 Å². The first-order chi connectivity index (χ1) is 14.3. The van der Waals surface area contributed by atoms with E-state index in [0.29, 0.717) is 23.2 Å². The van der Waals surface area contributed by atoms with E-state index >= 15 is 0 Å². The number of carbonyl (C=O) groups is 2. The summed E-state index contributed by atoms with van der Waals surface area (Å²) in [6, 6.07) is 8.90. The van der Waals surface area contributed by atoms with Crippen molar-refractivity contribution >= 4 is 17.6 Å². The molecule has 1 amide bonds. The number of amides is 1. The molecule has 8 nitrogen and oxygen atoms in total. The van der Waals surface area contributed by atoms with Crippen LogP contribution < -0.4 is 5.32 Å². The van der Waals surface area contributed by atoms with Crippen molar-refractivity contribution in [2.24, 2.45) is 11.8 Å². The predicted octanol–water partition coefficient (Wildman–Crippen LogP) is 4.34. The first kappa shape index (κ1) is 21.5. The van der Waals surface area contributed by atoms with Crippen molar-refractivity contribution in [2.75, 3.05) is 0 Å². The lowest BCUT2D eigenvalue weighted by Gasteiger charge is -2.35. The van der Waals surface area contributed by atoms with E-state index in [1.807, 2.05) is 0 Å². The minimum Gasteiger partial charge on any atom is -0.449 e. The summed E-state index contributed by atoms with van der Waals surface area (Å²) >= 11 is 0. The third kappa shape index (κ3) is 4.87. The van der Waals surface area contributed by atoms with Crippen LogP contribution in [0.3, 0.4) is 0 Å². The van der Waals surface area contributed by atoms with Crippen molar-refractivity contribution in [3.63, 3.8) is 0 Å². The highest BCUT2D eigenvalue weighted by Crippen LogP contribution is 2.29. The molecule has 1 fully saturated rings. The Morgan fingerprint density at radius 2 is 1.87 bits per heavy atom. The number of furan rings is 1. The Kier molecular flexibility index (Phi) is 6.54. The zero-order chi connectivity index (χ0) is 21.8. The van der Waals surface area contributed by atoms with Gasteiger partial charge in [0.25, 0.3) is 11.6 Å². The minimum atomic E-state index is -0.949. The van der Waals surface area contributed by atoms with E-state index in [1.54, 1.807) is 6.07 Å². The zero-order valence-corrected chi connectivity index (χ0v) is 17.3. The molecule has 1 aliphatic rings. The van der Waals surface area contributed by atoms with Crippen molar-refractivity contribution in [1.29, 1.82) is 0 Å². The second-order valence-corrected chi connectivity index (χ2v) is 7.90. The molecule has 0 spiro atoms. The van der Waals surface area contributed by atoms with Gasteiger partial charge in [0.15, 0.2) is 6.10 Å². The first-order valence-corrected chi connectivity index (χ1v) is 10.1. The van der Waals surface area contributed by atoms with Crippen LogP contribution in [-0.2, 0) is 9.53 Å². The topological polar surface area (TPSA) is 112 Å². The summed E-state index contributed by atoms with van der Waals surface area (Å²) in [5.74, 6) is 0.191. The van der Waals surface area contributed by atoms with Gasteiger partial charge in [0, 0.05) is 23.7 Å². The second-order valence-electron chi connectivity index (χ2n) is 7.90. The SMILES string of the molecule is C[C@@H]1[C@@H](C)CCC[C@H]1NC(=O)[C@@H](C)OC(=O)c1ccc(-c2ccc([N+](=O)[O-])cc2)o1. The second kappa shape index (κ2) is 9.11. The molecule has 1 aromatic carbocycles. The van der Waals surface area contributed by atoms with Crippen molar-refractivity contribution in [3.05, 3.63) is 52.3 Å². The highest BCUT2D eigenvalue weighted by molar-refractivity contribution is 5.90. The molecular weight excluding hydrogens is 388 g/mol. The monoisotopic (exact) mass is 414 g/mol. The smallest absolute Gasteiger partial charge is 0.375 e. The fraction of sp³-hybridized carbons (Fsp3) is 0.455. The average Bonchev–Trinajstić information content (AvgIpc) is 3.22. The van der Waals surface area contributed by atoms with Gasteiger partial charge in [-0.25, -0.2) is 4.79 Å². The van der Waals surface area contributed by atoms with Gasteiger partial charge in [-0.05, 0) is 49.4 Å². The van der Waals surface area contributed by atoms with E-state index in [2.05, 4.69) is 19.2 Å². The number of non-ortho nitro benzene ring substituents is 1. The molecule has 2 aromatic rings. The standard InChI is InChI=1S/C22H26N2O6/c1-13-5-4-6-18(14(13)2)23-21(25)15(3)29-22(26)20-12-11-19(30-20)16-7-9-17(10-8-16)24(27)28/h7-15,18H,4-6H2,1-3H3,(H,23,25)/t13-,14+,15+,18+/m0/s1. The van der Waals surface area contributed by atoms with Crippen molar-refractivity contribution in [1.82, 2.24) is 5.32 Å². The fourth-order valence-corrected chi connectivity index (χ4v) is 3.71. The van der Waals surface area contributed by atoms with Gasteiger partial charge >= 0.3 is 5.97 Å². The number of nitrogens with zero attached hydrogens (tertiary/aromatic N) is 1. The van der Waals surface area contributed by atoms with Gasteiger partial charge in [-0.2, -0.15) is 0 Å². The Morgan fingerprint density at radius 1 is 1.17 bits per heavy atom. The van der Waals surface area contributed by atoms with Crippen molar-refractivity contribution in [3.8, 4) is 11.3 Å². The highest BCUT2D eigenvalue weighted by atomic mass is 16.6. The van der Waals surface area contributed by atoms with E-state index in [4.69, 9.17) is 9.15 Å². The lowest BCUT2D eigenvalue weighted by Crippen LogP contribution is -2.47. The van der Waals surface area contributed by atoms with Gasteiger partial charge in [0.05, 0.1) is 4.92 Å². The molecule has 1 aliphatic carbocycles. The lowest BCUT2D eigenvalue weighted by molar-refractivity contribution is -0.384. The van der Waals surface area contributed by atoms with Crippen LogP contribution >= 0.6 is 0 Å². The van der Waals surface area contributed by atoms with Gasteiger partial charge in [0.2, 0.25) is 5.76 Å². The molecule has 0 aliphatic heterocycles. The van der Waals surface area contributed by atoms with Crippen LogP contribution in [0.25, 0.3) is 11.3 Å².